The van der Waals surface area contributed by atoms with Crippen molar-refractivity contribution in [2.24, 2.45) is 5.18 Å². The minimum atomic E-state index is -4.87. The Morgan fingerprint density at radius 2 is 1.62 bits per heavy atom. The van der Waals surface area contributed by atoms with Gasteiger partial charge in [-0.1, -0.05) is 28.4 Å². The maximum Gasteiger partial charge on any atom is 0.418 e. The van der Waals surface area contributed by atoms with Gasteiger partial charge in [0.25, 0.3) is 0 Å². The summed E-state index contributed by atoms with van der Waals surface area (Å²) < 4.78 is 49.8. The number of benzene rings is 1. The Kier molecular flexibility index (Phi) is 3.75. The number of nitrogens with zero attached hydrogens (tertiary/aromatic N) is 1. The monoisotopic (exact) mass is 275 g/mol. The van der Waals surface area contributed by atoms with Crippen LogP contribution in [0.15, 0.2) is 17.3 Å². The second kappa shape index (κ2) is 4.55. The highest BCUT2D eigenvalue weighted by Gasteiger charge is 2.42. The molecule has 8 heteroatoms. The number of rotatable bonds is 2. The van der Waals surface area contributed by atoms with Crippen LogP contribution in [-0.2, 0) is 0 Å². The summed E-state index contributed by atoms with van der Waals surface area (Å²) in [6, 6.07) is -1.27. The maximum absolute atomic E-state index is 12.9. The lowest BCUT2D eigenvalue weighted by Crippen LogP contribution is -2.18. The molecule has 0 saturated carbocycles. The van der Waals surface area contributed by atoms with Gasteiger partial charge in [0.1, 0.15) is 0 Å². The van der Waals surface area contributed by atoms with Crippen LogP contribution < -0.4 is 0 Å². The van der Waals surface area contributed by atoms with Crippen LogP contribution in [-0.4, -0.2) is 6.18 Å². The number of alkyl halides is 3. The van der Waals surface area contributed by atoms with Gasteiger partial charge in [0.15, 0.2) is 5.82 Å². The van der Waals surface area contributed by atoms with Crippen molar-refractivity contribution >= 4 is 23.2 Å². The van der Waals surface area contributed by atoms with Crippen molar-refractivity contribution < 1.29 is 17.6 Å². The zero-order valence-electron chi connectivity index (χ0n) is 7.36. The molecule has 1 atom stereocenters. The molecule has 0 amide bonds. The molecule has 0 aliphatic heterocycles. The van der Waals surface area contributed by atoms with Gasteiger partial charge in [-0.2, -0.15) is 13.2 Å². The van der Waals surface area contributed by atoms with E-state index in [-0.39, 0.29) is 0 Å². The van der Waals surface area contributed by atoms with Crippen LogP contribution in [0.25, 0.3) is 0 Å². The summed E-state index contributed by atoms with van der Waals surface area (Å²) >= 11 is 10.6. The molecule has 1 aromatic carbocycles. The predicted octanol–water partition coefficient (Wildman–Crippen LogP) is 4.50. The molecule has 0 aliphatic rings. The second-order valence-electron chi connectivity index (χ2n) is 2.85. The minimum absolute atomic E-state index is 0.597. The van der Waals surface area contributed by atoms with Gasteiger partial charge in [0, 0.05) is 0 Å². The normalized spacial score (nSPS) is 13.6. The van der Waals surface area contributed by atoms with Gasteiger partial charge in [-0.25, -0.2) is 4.39 Å². The summed E-state index contributed by atoms with van der Waals surface area (Å²) in [5.41, 5.74) is -0.598. The smallest absolute Gasteiger partial charge is 0.204 e. The van der Waals surface area contributed by atoms with Crippen LogP contribution in [0.4, 0.5) is 17.6 Å². The zero-order chi connectivity index (χ0) is 12.5. The third kappa shape index (κ3) is 2.62. The molecule has 0 saturated heterocycles. The van der Waals surface area contributed by atoms with Gasteiger partial charge >= 0.3 is 6.18 Å². The molecule has 1 rings (SSSR count). The molecule has 1 aromatic rings. The Balaban J connectivity index is 3.28. The summed E-state index contributed by atoms with van der Waals surface area (Å²) in [6.07, 6.45) is -4.87. The van der Waals surface area contributed by atoms with E-state index in [0.29, 0.717) is 12.1 Å². The van der Waals surface area contributed by atoms with Crippen molar-refractivity contribution in [3.05, 3.63) is 38.5 Å². The fourth-order valence-corrected chi connectivity index (χ4v) is 1.55. The lowest BCUT2D eigenvalue weighted by Gasteiger charge is -2.14. The van der Waals surface area contributed by atoms with Gasteiger partial charge in [-0.15, -0.1) is 4.91 Å². The highest BCUT2D eigenvalue weighted by atomic mass is 35.5. The Hall–Kier alpha value is -0.880. The van der Waals surface area contributed by atoms with E-state index in [1.165, 1.54) is 0 Å². The van der Waals surface area contributed by atoms with Crippen LogP contribution in [0.1, 0.15) is 11.6 Å². The van der Waals surface area contributed by atoms with Crippen molar-refractivity contribution in [1.82, 2.24) is 0 Å². The number of halogens is 6. The Bertz CT molecular complexity index is 398. The van der Waals surface area contributed by atoms with Crippen molar-refractivity contribution in [3.63, 3.8) is 0 Å². The van der Waals surface area contributed by atoms with Crippen LogP contribution in [0, 0.1) is 10.7 Å². The Morgan fingerprint density at radius 1 is 1.19 bits per heavy atom. The third-order valence-corrected chi connectivity index (χ3v) is 2.29. The molecule has 0 fully saturated rings. The van der Waals surface area contributed by atoms with Gasteiger partial charge < -0.3 is 0 Å². The maximum atomic E-state index is 12.9. The van der Waals surface area contributed by atoms with Gasteiger partial charge in [0.2, 0.25) is 6.04 Å². The molecule has 0 spiro atoms. The first-order valence-corrected chi connectivity index (χ1v) is 4.56. The van der Waals surface area contributed by atoms with Crippen molar-refractivity contribution in [3.8, 4) is 0 Å². The Morgan fingerprint density at radius 3 is 1.94 bits per heavy atom. The topological polar surface area (TPSA) is 29.4 Å². The molecule has 1 unspecified atom stereocenters. The molecule has 0 radical (unpaired) electrons. The van der Waals surface area contributed by atoms with Crippen LogP contribution in [0.5, 0.6) is 0 Å². The fraction of sp³-hybridized carbons (Fsp3) is 0.250. The molecule has 0 bridgehead atoms. The predicted molar refractivity (Wildman–Crippen MR) is 51.0 cm³/mol. The Labute approximate surface area is 97.1 Å². The van der Waals surface area contributed by atoms with Crippen LogP contribution >= 0.6 is 23.2 Å². The molecular weight excluding hydrogens is 273 g/mol. The van der Waals surface area contributed by atoms with Crippen LogP contribution in [0.2, 0.25) is 10.0 Å². The summed E-state index contributed by atoms with van der Waals surface area (Å²) in [6.45, 7) is 0. The van der Waals surface area contributed by atoms with E-state index in [1.54, 1.807) is 0 Å². The molecule has 16 heavy (non-hydrogen) atoms. The first-order chi connectivity index (χ1) is 7.27. The largest absolute Gasteiger partial charge is 0.418 e. The van der Waals surface area contributed by atoms with Crippen molar-refractivity contribution in [1.29, 1.82) is 0 Å². The fourth-order valence-electron chi connectivity index (χ4n) is 1.04. The second-order valence-corrected chi connectivity index (χ2v) is 3.66. The van der Waals surface area contributed by atoms with Crippen molar-refractivity contribution in [2.45, 2.75) is 12.2 Å². The average Bonchev–Trinajstić information content (AvgIpc) is 2.12. The van der Waals surface area contributed by atoms with E-state index in [9.17, 15) is 22.5 Å². The lowest BCUT2D eigenvalue weighted by atomic mass is 10.1. The number of nitroso groups, excluding NO2 is 1. The first-order valence-electron chi connectivity index (χ1n) is 3.81. The van der Waals surface area contributed by atoms with E-state index in [4.69, 9.17) is 23.2 Å². The molecular formula is C8H3Cl2F4NO. The standard InChI is InChI=1S/C8H3Cl2F4NO/c9-4-1-3(2-5(10)6(4)11)7(15-16)8(12,13)14/h1-2,7H. The SMILES string of the molecule is O=NC(c1cc(Cl)c(F)c(Cl)c1)C(F)(F)F. The molecule has 88 valence electrons. The highest BCUT2D eigenvalue weighted by molar-refractivity contribution is 6.35. The molecule has 0 aromatic heterocycles. The first kappa shape index (κ1) is 13.2. The molecule has 0 aliphatic carbocycles. The van der Waals surface area contributed by atoms with Crippen LogP contribution in [0.3, 0.4) is 0 Å². The molecule has 0 heterocycles. The van der Waals surface area contributed by atoms with E-state index >= 15 is 0 Å². The van der Waals surface area contributed by atoms with Gasteiger partial charge in [0.05, 0.1) is 10.0 Å². The summed E-state index contributed by atoms with van der Waals surface area (Å²) in [4.78, 5) is 10.1. The summed E-state index contributed by atoms with van der Waals surface area (Å²) in [7, 11) is 0. The summed E-state index contributed by atoms with van der Waals surface area (Å²) in [5, 5.41) is 0.733. The van der Waals surface area contributed by atoms with Gasteiger partial charge in [-0.3, -0.25) is 0 Å². The molecule has 2 nitrogen and oxygen atoms in total. The number of hydrogen-bond acceptors (Lipinski definition) is 2. The quantitative estimate of drug-likeness (QED) is 0.444. The minimum Gasteiger partial charge on any atom is -0.204 e. The van der Waals surface area contributed by atoms with E-state index in [2.05, 4.69) is 0 Å². The third-order valence-electron chi connectivity index (χ3n) is 1.74. The van der Waals surface area contributed by atoms with E-state index in [0.717, 1.165) is 0 Å². The zero-order valence-corrected chi connectivity index (χ0v) is 8.87. The number of hydrogen-bond donors (Lipinski definition) is 0. The van der Waals surface area contributed by atoms with Gasteiger partial charge in [-0.05, 0) is 17.7 Å². The lowest BCUT2D eigenvalue weighted by molar-refractivity contribution is -0.148. The van der Waals surface area contributed by atoms with E-state index in [1.807, 2.05) is 5.18 Å². The average molecular weight is 276 g/mol. The molecule has 0 N–H and O–H groups in total. The summed E-state index contributed by atoms with van der Waals surface area (Å²) in [5.74, 6) is -1.04. The van der Waals surface area contributed by atoms with Crippen molar-refractivity contribution in [2.75, 3.05) is 0 Å². The van der Waals surface area contributed by atoms with E-state index < -0.39 is 33.6 Å². The highest BCUT2D eigenvalue weighted by Crippen LogP contribution is 2.38.